The zero-order valence-electron chi connectivity index (χ0n) is 9.38. The van der Waals surface area contributed by atoms with Crippen LogP contribution in [0.15, 0.2) is 18.2 Å². The summed E-state index contributed by atoms with van der Waals surface area (Å²) in [5.41, 5.74) is 2.83. The molecule has 0 saturated heterocycles. The van der Waals surface area contributed by atoms with Crippen LogP contribution in [0.5, 0.6) is 0 Å². The van der Waals surface area contributed by atoms with Crippen LogP contribution in [0.4, 0.5) is 0 Å². The Kier molecular flexibility index (Phi) is 2.79. The highest BCUT2D eigenvalue weighted by molar-refractivity contribution is 14.1. The van der Waals surface area contributed by atoms with Crippen molar-refractivity contribution in [3.8, 4) is 0 Å². The third-order valence-electron chi connectivity index (χ3n) is 2.93. The third kappa shape index (κ3) is 2.47. The largest absolute Gasteiger partial charge is 0.319 e. The summed E-state index contributed by atoms with van der Waals surface area (Å²) < 4.78 is 12.3. The van der Waals surface area contributed by atoms with Crippen LogP contribution in [0.1, 0.15) is 18.1 Å². The molecular weight excluding hydrogens is 318 g/mol. The second-order valence-electron chi connectivity index (χ2n) is 5.07. The molecule has 1 unspecified atom stereocenters. The van der Waals surface area contributed by atoms with E-state index in [2.05, 4.69) is 41.6 Å². The van der Waals surface area contributed by atoms with E-state index in [1.165, 1.54) is 11.1 Å². The van der Waals surface area contributed by atoms with Gasteiger partial charge in [0.05, 0.1) is 0 Å². The fourth-order valence-corrected chi connectivity index (χ4v) is 3.86. The van der Waals surface area contributed by atoms with Crippen LogP contribution in [0.3, 0.4) is 0 Å². The van der Waals surface area contributed by atoms with Gasteiger partial charge in [-0.15, -0.1) is 0 Å². The normalized spacial score (nSPS) is 25.3. The molecule has 1 aromatic carbocycles. The van der Waals surface area contributed by atoms with E-state index < -0.39 is 7.14 Å². The molecule has 1 aliphatic rings. The minimum Gasteiger partial charge on any atom is -0.319 e. The van der Waals surface area contributed by atoms with Gasteiger partial charge in [0.25, 0.3) is 0 Å². The maximum Gasteiger partial charge on any atom is 0.109 e. The maximum absolute atomic E-state index is 12.0. The number of fused-ring (bicyclic) bond motifs is 1. The molecule has 2 rings (SSSR count). The van der Waals surface area contributed by atoms with Crippen molar-refractivity contribution in [3.63, 3.8) is 0 Å². The molecule has 0 bridgehead atoms. The van der Waals surface area contributed by atoms with Crippen LogP contribution in [-0.4, -0.2) is 16.8 Å². The molecule has 0 N–H and O–H groups in total. The van der Waals surface area contributed by atoms with E-state index in [4.69, 9.17) is 0 Å². The molecule has 0 aromatic heterocycles. The molecule has 0 aliphatic heterocycles. The van der Waals surface area contributed by atoms with Gasteiger partial charge in [-0.05, 0) is 50.3 Å². The quantitative estimate of drug-likeness (QED) is 0.438. The summed E-state index contributed by atoms with van der Waals surface area (Å²) in [4.78, 5) is 0. The number of halogens is 1. The Bertz CT molecular complexity index is 445. The van der Waals surface area contributed by atoms with Crippen molar-refractivity contribution in [2.24, 2.45) is 0 Å². The first-order valence-electron chi connectivity index (χ1n) is 5.14. The van der Waals surface area contributed by atoms with E-state index in [1.54, 1.807) is 0 Å². The van der Waals surface area contributed by atoms with Crippen molar-refractivity contribution in [1.82, 2.24) is 0 Å². The molecule has 82 valence electrons. The smallest absolute Gasteiger partial charge is 0.109 e. The first kappa shape index (κ1) is 11.7. The highest BCUT2D eigenvalue weighted by Crippen LogP contribution is 2.40. The average molecular weight is 334 g/mol. The van der Waals surface area contributed by atoms with Gasteiger partial charge in [-0.3, -0.25) is 0 Å². The van der Waals surface area contributed by atoms with Crippen LogP contribution in [0, 0.1) is 0 Å². The Balaban J connectivity index is 2.43. The SMILES string of the molecule is CC1(I)Cc2ccc(P(C)(C)=O)cc2C1. The summed E-state index contributed by atoms with van der Waals surface area (Å²) in [5, 5.41) is 1.02. The molecule has 0 fully saturated rings. The molecule has 1 nitrogen and oxygen atoms in total. The molecule has 1 aliphatic carbocycles. The fourth-order valence-electron chi connectivity index (χ4n) is 2.14. The van der Waals surface area contributed by atoms with Crippen molar-refractivity contribution < 1.29 is 4.57 Å². The molecule has 0 amide bonds. The Morgan fingerprint density at radius 2 is 1.87 bits per heavy atom. The molecule has 1 atom stereocenters. The van der Waals surface area contributed by atoms with Crippen LogP contribution in [-0.2, 0) is 17.4 Å². The van der Waals surface area contributed by atoms with E-state index in [-0.39, 0.29) is 0 Å². The lowest BCUT2D eigenvalue weighted by molar-refractivity contribution is 0.588. The number of alkyl halides is 1. The van der Waals surface area contributed by atoms with Crippen molar-refractivity contribution in [2.75, 3.05) is 13.3 Å². The Morgan fingerprint density at radius 3 is 2.47 bits per heavy atom. The van der Waals surface area contributed by atoms with Gasteiger partial charge in [-0.1, -0.05) is 34.7 Å². The predicted octanol–water partition coefficient (Wildman–Crippen LogP) is 3.23. The van der Waals surface area contributed by atoms with Gasteiger partial charge in [0.15, 0.2) is 0 Å². The van der Waals surface area contributed by atoms with E-state index in [1.807, 2.05) is 19.4 Å². The molecule has 1 aromatic rings. The lowest BCUT2D eigenvalue weighted by atomic mass is 10.1. The Hall–Kier alpha value is 0.180. The maximum atomic E-state index is 12.0. The topological polar surface area (TPSA) is 17.1 Å². The van der Waals surface area contributed by atoms with E-state index >= 15 is 0 Å². The molecule has 3 heteroatoms. The summed E-state index contributed by atoms with van der Waals surface area (Å²) in [7, 11) is -2.09. The predicted molar refractivity (Wildman–Crippen MR) is 75.4 cm³/mol. The van der Waals surface area contributed by atoms with Crippen LogP contribution in [0.25, 0.3) is 0 Å². The average Bonchev–Trinajstić information content (AvgIpc) is 2.34. The highest BCUT2D eigenvalue weighted by atomic mass is 127. The van der Waals surface area contributed by atoms with E-state index in [0.717, 1.165) is 18.1 Å². The Labute approximate surface area is 105 Å². The Morgan fingerprint density at radius 1 is 1.27 bits per heavy atom. The van der Waals surface area contributed by atoms with Crippen molar-refractivity contribution in [1.29, 1.82) is 0 Å². The number of benzene rings is 1. The summed E-state index contributed by atoms with van der Waals surface area (Å²) >= 11 is 2.53. The number of rotatable bonds is 1. The van der Waals surface area contributed by atoms with Crippen molar-refractivity contribution in [2.45, 2.75) is 23.2 Å². The zero-order chi connectivity index (χ0) is 11.3. The zero-order valence-corrected chi connectivity index (χ0v) is 12.4. The van der Waals surface area contributed by atoms with Gasteiger partial charge in [0, 0.05) is 8.73 Å². The van der Waals surface area contributed by atoms with E-state index in [9.17, 15) is 4.57 Å². The molecule has 15 heavy (non-hydrogen) atoms. The molecular formula is C12H16IOP. The minimum absolute atomic E-state index is 0.351. The summed E-state index contributed by atoms with van der Waals surface area (Å²) in [6.07, 6.45) is 2.25. The first-order chi connectivity index (χ1) is 6.78. The molecule has 0 heterocycles. The van der Waals surface area contributed by atoms with Gasteiger partial charge in [-0.2, -0.15) is 0 Å². The van der Waals surface area contributed by atoms with Gasteiger partial charge >= 0.3 is 0 Å². The number of hydrogen-bond acceptors (Lipinski definition) is 1. The third-order valence-corrected chi connectivity index (χ3v) is 5.21. The van der Waals surface area contributed by atoms with Crippen LogP contribution in [0.2, 0.25) is 0 Å². The van der Waals surface area contributed by atoms with Gasteiger partial charge in [0.1, 0.15) is 7.14 Å². The van der Waals surface area contributed by atoms with Crippen LogP contribution < -0.4 is 5.30 Å². The monoisotopic (exact) mass is 334 g/mol. The summed E-state index contributed by atoms with van der Waals surface area (Å²) in [6.45, 7) is 5.96. The highest BCUT2D eigenvalue weighted by Gasteiger charge is 2.30. The first-order valence-corrected chi connectivity index (χ1v) is 8.82. The lowest BCUT2D eigenvalue weighted by Gasteiger charge is -2.12. The summed E-state index contributed by atoms with van der Waals surface area (Å²) in [6, 6.07) is 6.35. The van der Waals surface area contributed by atoms with Crippen molar-refractivity contribution >= 4 is 35.0 Å². The van der Waals surface area contributed by atoms with Gasteiger partial charge in [-0.25, -0.2) is 0 Å². The standard InChI is InChI=1S/C12H16IOP/c1-12(13)7-9-4-5-11(15(2,3)14)6-10(9)8-12/h4-6H,7-8H2,1-3H3. The molecule has 0 spiro atoms. The van der Waals surface area contributed by atoms with E-state index in [0.29, 0.717) is 3.42 Å². The second-order valence-corrected chi connectivity index (χ2v) is 10.9. The summed E-state index contributed by atoms with van der Waals surface area (Å²) in [5.74, 6) is 0. The van der Waals surface area contributed by atoms with Gasteiger partial charge < -0.3 is 4.57 Å². The van der Waals surface area contributed by atoms with Crippen LogP contribution >= 0.6 is 29.7 Å². The second kappa shape index (κ2) is 3.59. The number of hydrogen-bond donors (Lipinski definition) is 0. The molecule has 0 saturated carbocycles. The van der Waals surface area contributed by atoms with Gasteiger partial charge in [0.2, 0.25) is 0 Å². The van der Waals surface area contributed by atoms with Crippen molar-refractivity contribution in [3.05, 3.63) is 29.3 Å². The lowest BCUT2D eigenvalue weighted by Crippen LogP contribution is -2.14. The minimum atomic E-state index is -2.09. The fraction of sp³-hybridized carbons (Fsp3) is 0.500. The molecule has 0 radical (unpaired) electrons.